The van der Waals surface area contributed by atoms with Crippen LogP contribution in [0.1, 0.15) is 49.6 Å². The molecule has 2 heterocycles. The maximum absolute atomic E-state index is 13.6. The number of aliphatic carboxylic acids is 1. The molecule has 1 aromatic heterocycles. The molecule has 4 rings (SSSR count). The molecule has 6 N–H and O–H groups in total. The number of nitrogen functional groups attached to an aromatic ring is 1. The van der Waals surface area contributed by atoms with E-state index >= 15 is 0 Å². The number of aryl methyl sites for hydroxylation is 1. The summed E-state index contributed by atoms with van der Waals surface area (Å²) < 4.78 is 2.02. The number of carbonyl (C=O) groups is 2. The molecule has 10 nitrogen and oxygen atoms in total. The quantitative estimate of drug-likeness (QED) is 0.133. The van der Waals surface area contributed by atoms with Gasteiger partial charge in [-0.2, -0.15) is 0 Å². The predicted molar refractivity (Wildman–Crippen MR) is 158 cm³/mol. The smallest absolute Gasteiger partial charge is 0.303 e. The van der Waals surface area contributed by atoms with Gasteiger partial charge in [-0.25, -0.2) is 4.98 Å². The Morgan fingerprint density at radius 2 is 1.79 bits per heavy atom. The molecule has 12 heteroatoms. The van der Waals surface area contributed by atoms with Crippen molar-refractivity contribution in [2.24, 2.45) is 12.8 Å². The number of amidine groups is 1. The second-order valence-electron chi connectivity index (χ2n) is 9.68. The number of halogens is 2. The lowest BCUT2D eigenvalue weighted by molar-refractivity contribution is -0.137. The van der Waals surface area contributed by atoms with E-state index in [2.05, 4.69) is 10.6 Å². The number of fused-ring (bicyclic) bond motifs is 1. The maximum Gasteiger partial charge on any atom is 0.303 e. The van der Waals surface area contributed by atoms with Crippen molar-refractivity contribution in [1.29, 1.82) is 5.41 Å². The van der Waals surface area contributed by atoms with E-state index in [0.29, 0.717) is 25.1 Å². The molecule has 0 bridgehead atoms. The fraction of sp³-hybridized carbons (Fsp3) is 0.407. The van der Waals surface area contributed by atoms with Crippen molar-refractivity contribution >= 4 is 59.2 Å². The molecule has 212 valence electrons. The van der Waals surface area contributed by atoms with Crippen LogP contribution < -0.4 is 16.4 Å². The first-order chi connectivity index (χ1) is 17.7. The first kappa shape index (κ1) is 31.9. The summed E-state index contributed by atoms with van der Waals surface area (Å²) in [6.07, 6.45) is 2.48. The summed E-state index contributed by atoms with van der Waals surface area (Å²) in [6, 6.07) is 13.3. The average Bonchev–Trinajstić information content (AvgIpc) is 3.53. The largest absolute Gasteiger partial charge is 0.481 e. The Balaban J connectivity index is 0.00000267. The van der Waals surface area contributed by atoms with Gasteiger partial charge in [0.05, 0.1) is 17.6 Å². The number of likely N-dealkylation sites (tertiary alicyclic amines) is 1. The van der Waals surface area contributed by atoms with Crippen LogP contribution in [0.4, 0.5) is 5.69 Å². The molecular weight excluding hydrogens is 541 g/mol. The molecule has 1 unspecified atom stereocenters. The monoisotopic (exact) mass is 577 g/mol. The highest BCUT2D eigenvalue weighted by Gasteiger charge is 2.39. The van der Waals surface area contributed by atoms with Crippen molar-refractivity contribution in [2.75, 3.05) is 25.0 Å². The molecule has 1 saturated heterocycles. The second-order valence-corrected chi connectivity index (χ2v) is 9.68. The van der Waals surface area contributed by atoms with Gasteiger partial charge in [0, 0.05) is 37.8 Å². The second kappa shape index (κ2) is 13.6. The van der Waals surface area contributed by atoms with Gasteiger partial charge in [0.25, 0.3) is 0 Å². The van der Waals surface area contributed by atoms with E-state index in [9.17, 15) is 9.59 Å². The van der Waals surface area contributed by atoms with Crippen LogP contribution in [0.5, 0.6) is 0 Å². The van der Waals surface area contributed by atoms with Crippen LogP contribution in [0.15, 0.2) is 42.5 Å². The van der Waals surface area contributed by atoms with Crippen LogP contribution in [0.2, 0.25) is 0 Å². The molecule has 1 aliphatic heterocycles. The van der Waals surface area contributed by atoms with Gasteiger partial charge in [-0.1, -0.05) is 6.07 Å². The maximum atomic E-state index is 13.6. The molecule has 0 spiro atoms. The van der Waals surface area contributed by atoms with E-state index in [-0.39, 0.29) is 43.0 Å². The van der Waals surface area contributed by atoms with Gasteiger partial charge in [-0.05, 0) is 74.7 Å². The van der Waals surface area contributed by atoms with Crippen molar-refractivity contribution in [2.45, 2.75) is 44.7 Å². The molecular formula is C27H37Cl2N7O3. The summed E-state index contributed by atoms with van der Waals surface area (Å²) >= 11 is 0. The minimum atomic E-state index is -0.981. The third-order valence-corrected chi connectivity index (χ3v) is 7.06. The molecule has 1 atom stereocenters. The molecule has 3 aromatic rings. The highest BCUT2D eigenvalue weighted by Crippen LogP contribution is 2.29. The van der Waals surface area contributed by atoms with Gasteiger partial charge in [0.15, 0.2) is 0 Å². The van der Waals surface area contributed by atoms with E-state index in [4.69, 9.17) is 21.2 Å². The van der Waals surface area contributed by atoms with E-state index in [1.54, 1.807) is 12.1 Å². The molecule has 2 aromatic carbocycles. The summed E-state index contributed by atoms with van der Waals surface area (Å²) in [5.74, 6) is 0.0285. The Hall–Kier alpha value is -3.34. The van der Waals surface area contributed by atoms with Crippen molar-refractivity contribution in [3.63, 3.8) is 0 Å². The first-order valence-electron chi connectivity index (χ1n) is 12.6. The van der Waals surface area contributed by atoms with Gasteiger partial charge < -0.3 is 25.6 Å². The lowest BCUT2D eigenvalue weighted by Gasteiger charge is -2.34. The summed E-state index contributed by atoms with van der Waals surface area (Å²) in [7, 11) is 1.96. The fourth-order valence-electron chi connectivity index (χ4n) is 4.78. The molecule has 1 fully saturated rings. The number of carboxylic acids is 1. The minimum absolute atomic E-state index is 0. The topological polar surface area (TPSA) is 149 Å². The molecule has 0 radical (unpaired) electrons. The summed E-state index contributed by atoms with van der Waals surface area (Å²) in [4.78, 5) is 31.3. The number of benzene rings is 2. The van der Waals surface area contributed by atoms with Crippen LogP contribution in [0.25, 0.3) is 11.0 Å². The number of hydrogen-bond donors (Lipinski definition) is 5. The summed E-state index contributed by atoms with van der Waals surface area (Å²) in [5.41, 5.74) is 8.67. The van der Waals surface area contributed by atoms with Crippen LogP contribution in [0.3, 0.4) is 0 Å². The molecule has 39 heavy (non-hydrogen) atoms. The lowest BCUT2D eigenvalue weighted by Crippen LogP contribution is -2.53. The van der Waals surface area contributed by atoms with Gasteiger partial charge >= 0.3 is 5.97 Å². The highest BCUT2D eigenvalue weighted by atomic mass is 35.5. The zero-order valence-electron chi connectivity index (χ0n) is 22.2. The van der Waals surface area contributed by atoms with Gasteiger partial charge in [0.2, 0.25) is 5.91 Å². The number of anilines is 1. The Morgan fingerprint density at radius 3 is 2.41 bits per heavy atom. The number of imidazole rings is 1. The van der Waals surface area contributed by atoms with Crippen LogP contribution in [-0.4, -0.2) is 56.9 Å². The number of rotatable bonds is 11. The number of nitrogens with one attached hydrogen (secondary N) is 3. The van der Waals surface area contributed by atoms with Crippen LogP contribution in [0, 0.1) is 5.41 Å². The first-order valence-corrected chi connectivity index (χ1v) is 12.6. The lowest BCUT2D eigenvalue weighted by atomic mass is 9.89. The number of aromatic nitrogens is 2. The zero-order chi connectivity index (χ0) is 26.6. The van der Waals surface area contributed by atoms with Gasteiger partial charge in [-0.15, -0.1) is 24.8 Å². The molecule has 0 aliphatic carbocycles. The van der Waals surface area contributed by atoms with Crippen molar-refractivity contribution < 1.29 is 14.7 Å². The standard InChI is InChI=1S/C27H35N7O3.2ClH/c1-27(31-13-5-6-24(35)36,26(37)34-14-3-4-15-34)19-9-12-22-21(16-19)32-23(33(22)2)17-30-20-10-7-18(8-11-20)25(28)29;;/h7-12,16,30-31H,3-6,13-15,17H2,1-2H3,(H3,28,29)(H,35,36);2*1H. The Kier molecular flexibility index (Phi) is 11.1. The number of nitrogens with two attached hydrogens (primary N) is 1. The van der Waals surface area contributed by atoms with Crippen molar-refractivity contribution in [3.8, 4) is 0 Å². The van der Waals surface area contributed by atoms with Crippen LogP contribution in [-0.2, 0) is 28.7 Å². The van der Waals surface area contributed by atoms with Gasteiger partial charge in [-0.3, -0.25) is 20.3 Å². The van der Waals surface area contributed by atoms with E-state index in [1.807, 2.05) is 53.8 Å². The van der Waals surface area contributed by atoms with Gasteiger partial charge in [0.1, 0.15) is 17.2 Å². The van der Waals surface area contributed by atoms with E-state index in [0.717, 1.165) is 54.0 Å². The predicted octanol–water partition coefficient (Wildman–Crippen LogP) is 3.61. The normalized spacial score (nSPS) is 14.3. The number of hydrogen-bond acceptors (Lipinski definition) is 6. The number of carboxylic acid groups (broad SMARTS) is 1. The SMILES string of the molecule is Cl.Cl.Cn1c(CNc2ccc(C(=N)N)cc2)nc2cc(C(C)(NCCCC(=O)O)C(=O)N3CCCC3)ccc21. The van der Waals surface area contributed by atoms with Crippen molar-refractivity contribution in [1.82, 2.24) is 19.8 Å². The third kappa shape index (κ3) is 7.20. The third-order valence-electron chi connectivity index (χ3n) is 7.06. The van der Waals surface area contributed by atoms with Crippen molar-refractivity contribution in [3.05, 3.63) is 59.4 Å². The molecule has 1 aliphatic rings. The van der Waals surface area contributed by atoms with E-state index < -0.39 is 11.5 Å². The number of amides is 1. The minimum Gasteiger partial charge on any atom is -0.481 e. The summed E-state index contributed by atoms with van der Waals surface area (Å²) in [5, 5.41) is 23.3. The number of nitrogens with zero attached hydrogens (tertiary/aromatic N) is 3. The average molecular weight is 579 g/mol. The molecule has 0 saturated carbocycles. The summed E-state index contributed by atoms with van der Waals surface area (Å²) in [6.45, 7) is 4.27. The number of carbonyl (C=O) groups excluding carboxylic acids is 1. The fourth-order valence-corrected chi connectivity index (χ4v) is 4.78. The zero-order valence-corrected chi connectivity index (χ0v) is 23.8. The Labute approximate surface area is 240 Å². The Morgan fingerprint density at radius 1 is 1.13 bits per heavy atom. The van der Waals surface area contributed by atoms with E-state index in [1.165, 1.54) is 0 Å². The Bertz CT molecular complexity index is 1310. The highest BCUT2D eigenvalue weighted by molar-refractivity contribution is 5.95. The molecule has 1 amide bonds. The van der Waals surface area contributed by atoms with Crippen LogP contribution >= 0.6 is 24.8 Å².